The van der Waals surface area contributed by atoms with Crippen LogP contribution in [0.5, 0.6) is 0 Å². The second-order valence-electron chi connectivity index (χ2n) is 2.38. The highest BCUT2D eigenvalue weighted by Crippen LogP contribution is 2.22. The van der Waals surface area contributed by atoms with Crippen molar-refractivity contribution in [1.82, 2.24) is 5.32 Å². The summed E-state index contributed by atoms with van der Waals surface area (Å²) < 4.78 is 5.40. The van der Waals surface area contributed by atoms with Gasteiger partial charge in [-0.05, 0) is 0 Å². The van der Waals surface area contributed by atoms with Crippen molar-refractivity contribution in [3.63, 3.8) is 0 Å². The molecule has 0 unspecified atom stereocenters. The van der Waals surface area contributed by atoms with E-state index in [1.54, 1.807) is 0 Å². The number of hydrogen-bond acceptors (Lipinski definition) is 2. The summed E-state index contributed by atoms with van der Waals surface area (Å²) in [4.78, 5) is 0. The van der Waals surface area contributed by atoms with Gasteiger partial charge in [0.05, 0.1) is 6.61 Å². The van der Waals surface area contributed by atoms with Gasteiger partial charge in [-0.25, -0.2) is 0 Å². The van der Waals surface area contributed by atoms with Crippen molar-refractivity contribution in [2.45, 2.75) is 5.60 Å². The molecule has 1 fully saturated rings. The van der Waals surface area contributed by atoms with Gasteiger partial charge in [-0.15, -0.1) is 0 Å². The minimum Gasteiger partial charge on any atom is -0.364 e. The predicted molar refractivity (Wildman–Crippen MR) is 30.7 cm³/mol. The first kappa shape index (κ1) is 4.53. The second-order valence-corrected chi connectivity index (χ2v) is 2.38. The van der Waals surface area contributed by atoms with Crippen molar-refractivity contribution in [2.75, 3.05) is 19.7 Å². The van der Waals surface area contributed by atoms with Gasteiger partial charge >= 0.3 is 0 Å². The average molecular weight is 111 g/mol. The highest BCUT2D eigenvalue weighted by molar-refractivity contribution is 5.14. The van der Waals surface area contributed by atoms with Crippen molar-refractivity contribution < 1.29 is 4.74 Å². The lowest BCUT2D eigenvalue weighted by Crippen LogP contribution is -2.58. The summed E-state index contributed by atoms with van der Waals surface area (Å²) in [6, 6.07) is 0. The van der Waals surface area contributed by atoms with Crippen molar-refractivity contribution in [2.24, 2.45) is 0 Å². The van der Waals surface area contributed by atoms with Gasteiger partial charge in [-0.3, -0.25) is 0 Å². The third kappa shape index (κ3) is 0.443. The van der Waals surface area contributed by atoms with Crippen molar-refractivity contribution in [3.05, 3.63) is 12.2 Å². The monoisotopic (exact) mass is 111 g/mol. The van der Waals surface area contributed by atoms with E-state index in [0.29, 0.717) is 0 Å². The maximum Gasteiger partial charge on any atom is 0.111 e. The molecule has 8 heavy (non-hydrogen) atoms. The normalized spacial score (nSPS) is 31.0. The van der Waals surface area contributed by atoms with Crippen LogP contribution in [0, 0.1) is 0 Å². The molecule has 2 aliphatic rings. The summed E-state index contributed by atoms with van der Waals surface area (Å²) in [5.74, 6) is 0. The average Bonchev–Trinajstić information content (AvgIpc) is 2.07. The Kier molecular flexibility index (Phi) is 0.754. The Morgan fingerprint density at radius 1 is 1.50 bits per heavy atom. The topological polar surface area (TPSA) is 21.3 Å². The second kappa shape index (κ2) is 1.33. The molecule has 2 heteroatoms. The van der Waals surface area contributed by atoms with Gasteiger partial charge in [0.25, 0.3) is 0 Å². The molecule has 0 atom stereocenters. The van der Waals surface area contributed by atoms with Crippen LogP contribution in [0.25, 0.3) is 0 Å². The molecule has 44 valence electrons. The minimum absolute atomic E-state index is 0.125. The summed E-state index contributed by atoms with van der Waals surface area (Å²) in [6.45, 7) is 2.81. The molecular formula is C6H9NO. The summed E-state index contributed by atoms with van der Waals surface area (Å²) in [5.41, 5.74) is 0.125. The summed E-state index contributed by atoms with van der Waals surface area (Å²) >= 11 is 0. The van der Waals surface area contributed by atoms with Crippen molar-refractivity contribution in [1.29, 1.82) is 0 Å². The van der Waals surface area contributed by atoms with Crippen LogP contribution in [-0.4, -0.2) is 25.3 Å². The minimum atomic E-state index is 0.125. The van der Waals surface area contributed by atoms with E-state index >= 15 is 0 Å². The van der Waals surface area contributed by atoms with E-state index in [-0.39, 0.29) is 5.60 Å². The Labute approximate surface area is 48.5 Å². The van der Waals surface area contributed by atoms with E-state index in [1.165, 1.54) is 0 Å². The predicted octanol–water partition coefficient (Wildman–Crippen LogP) is -0.0852. The molecule has 0 bridgehead atoms. The molecule has 1 N–H and O–H groups in total. The third-order valence-corrected chi connectivity index (χ3v) is 1.74. The third-order valence-electron chi connectivity index (χ3n) is 1.74. The number of rotatable bonds is 0. The fraction of sp³-hybridized carbons (Fsp3) is 0.667. The highest BCUT2D eigenvalue weighted by Gasteiger charge is 2.37. The first-order valence-electron chi connectivity index (χ1n) is 2.94. The van der Waals surface area contributed by atoms with Crippen molar-refractivity contribution in [3.8, 4) is 0 Å². The SMILES string of the molecule is C1=CC2(CNC2)OC1. The van der Waals surface area contributed by atoms with Crippen LogP contribution in [0.3, 0.4) is 0 Å². The first-order chi connectivity index (χ1) is 3.91. The number of nitrogens with one attached hydrogen (secondary N) is 1. The molecule has 2 aliphatic heterocycles. The summed E-state index contributed by atoms with van der Waals surface area (Å²) in [6.07, 6.45) is 4.24. The van der Waals surface area contributed by atoms with Crippen LogP contribution in [0.4, 0.5) is 0 Å². The van der Waals surface area contributed by atoms with Gasteiger partial charge in [0.1, 0.15) is 5.60 Å². The molecule has 0 radical (unpaired) electrons. The van der Waals surface area contributed by atoms with Crippen LogP contribution in [0.15, 0.2) is 12.2 Å². The zero-order chi connectivity index (χ0) is 5.45. The largest absolute Gasteiger partial charge is 0.364 e. The molecular weight excluding hydrogens is 102 g/mol. The Morgan fingerprint density at radius 3 is 2.62 bits per heavy atom. The zero-order valence-electron chi connectivity index (χ0n) is 4.68. The quantitative estimate of drug-likeness (QED) is 0.441. The fourth-order valence-electron chi connectivity index (χ4n) is 1.12. The van der Waals surface area contributed by atoms with Gasteiger partial charge in [0.15, 0.2) is 0 Å². The summed E-state index contributed by atoms with van der Waals surface area (Å²) in [7, 11) is 0. The fourth-order valence-corrected chi connectivity index (χ4v) is 1.12. The molecule has 2 heterocycles. The van der Waals surface area contributed by atoms with E-state index in [4.69, 9.17) is 4.74 Å². The molecule has 0 aromatic heterocycles. The van der Waals surface area contributed by atoms with Gasteiger partial charge in [-0.2, -0.15) is 0 Å². The Morgan fingerprint density at radius 2 is 2.38 bits per heavy atom. The smallest absolute Gasteiger partial charge is 0.111 e. The highest BCUT2D eigenvalue weighted by atomic mass is 16.5. The van der Waals surface area contributed by atoms with E-state index in [1.807, 2.05) is 0 Å². The Balaban J connectivity index is 2.13. The van der Waals surface area contributed by atoms with Gasteiger partial charge in [0, 0.05) is 13.1 Å². The van der Waals surface area contributed by atoms with Gasteiger partial charge < -0.3 is 10.1 Å². The van der Waals surface area contributed by atoms with Crippen LogP contribution in [0.2, 0.25) is 0 Å². The van der Waals surface area contributed by atoms with E-state index in [9.17, 15) is 0 Å². The van der Waals surface area contributed by atoms with E-state index in [0.717, 1.165) is 19.7 Å². The Bertz CT molecular complexity index is 126. The van der Waals surface area contributed by atoms with Gasteiger partial charge in [0.2, 0.25) is 0 Å². The lowest BCUT2D eigenvalue weighted by Gasteiger charge is -2.36. The van der Waals surface area contributed by atoms with Crippen LogP contribution in [-0.2, 0) is 4.74 Å². The molecule has 0 aromatic rings. The molecule has 0 amide bonds. The molecule has 1 spiro atoms. The van der Waals surface area contributed by atoms with Crippen LogP contribution < -0.4 is 5.32 Å². The number of ether oxygens (including phenoxy) is 1. The molecule has 0 aliphatic carbocycles. The maximum absolute atomic E-state index is 5.40. The maximum atomic E-state index is 5.40. The molecule has 0 saturated carbocycles. The van der Waals surface area contributed by atoms with Crippen LogP contribution >= 0.6 is 0 Å². The Hall–Kier alpha value is -0.340. The lowest BCUT2D eigenvalue weighted by atomic mass is 9.98. The first-order valence-corrected chi connectivity index (χ1v) is 2.94. The standard InChI is InChI=1S/C6H9NO/c1-2-6(8-3-1)4-7-5-6/h1-2,7H,3-5H2. The lowest BCUT2D eigenvalue weighted by molar-refractivity contribution is -0.0137. The summed E-state index contributed by atoms with van der Waals surface area (Å²) in [5, 5.41) is 3.17. The van der Waals surface area contributed by atoms with E-state index in [2.05, 4.69) is 17.5 Å². The van der Waals surface area contributed by atoms with E-state index < -0.39 is 0 Å². The number of hydrogen-bond donors (Lipinski definition) is 1. The van der Waals surface area contributed by atoms with Crippen molar-refractivity contribution >= 4 is 0 Å². The van der Waals surface area contributed by atoms with Gasteiger partial charge in [-0.1, -0.05) is 12.2 Å². The molecule has 1 saturated heterocycles. The molecule has 2 rings (SSSR count). The molecule has 0 aromatic carbocycles. The molecule has 2 nitrogen and oxygen atoms in total. The zero-order valence-corrected chi connectivity index (χ0v) is 4.68. The van der Waals surface area contributed by atoms with Crippen LogP contribution in [0.1, 0.15) is 0 Å².